The first kappa shape index (κ1) is 14.4. The lowest BCUT2D eigenvalue weighted by Crippen LogP contribution is -1.97. The van der Waals surface area contributed by atoms with Crippen LogP contribution in [0.2, 0.25) is 0 Å². The van der Waals surface area contributed by atoms with Crippen LogP contribution < -0.4 is 5.73 Å². The lowest BCUT2D eigenvalue weighted by atomic mass is 10.1. The summed E-state index contributed by atoms with van der Waals surface area (Å²) in [5.41, 5.74) is 9.35. The molecular formula is C15H22BrN3. The molecule has 0 aliphatic rings. The molecule has 0 unspecified atom stereocenters. The molecule has 2 aromatic rings. The summed E-state index contributed by atoms with van der Waals surface area (Å²) in [6.07, 6.45) is 9.35. The molecule has 2 rings (SSSR count). The lowest BCUT2D eigenvalue weighted by Gasteiger charge is -2.01. The van der Waals surface area contributed by atoms with Gasteiger partial charge in [0.25, 0.3) is 0 Å². The summed E-state index contributed by atoms with van der Waals surface area (Å²) in [5, 5.41) is 0. The van der Waals surface area contributed by atoms with Crippen molar-refractivity contribution in [3.05, 3.63) is 28.0 Å². The molecule has 0 aliphatic carbocycles. The highest BCUT2D eigenvalue weighted by atomic mass is 79.9. The van der Waals surface area contributed by atoms with Gasteiger partial charge in [-0.2, -0.15) is 0 Å². The number of pyridine rings is 1. The molecule has 0 saturated heterocycles. The average Bonchev–Trinajstić information content (AvgIpc) is 2.67. The van der Waals surface area contributed by atoms with E-state index in [4.69, 9.17) is 5.73 Å². The molecule has 0 radical (unpaired) electrons. The number of halogens is 1. The van der Waals surface area contributed by atoms with Crippen molar-refractivity contribution in [2.45, 2.75) is 52.4 Å². The fraction of sp³-hybridized carbons (Fsp3) is 0.533. The van der Waals surface area contributed by atoms with Crippen LogP contribution in [-0.2, 0) is 6.42 Å². The van der Waals surface area contributed by atoms with Gasteiger partial charge in [-0.1, -0.05) is 32.6 Å². The third kappa shape index (κ3) is 3.30. The van der Waals surface area contributed by atoms with Crippen LogP contribution in [-0.4, -0.2) is 9.38 Å². The van der Waals surface area contributed by atoms with E-state index in [1.807, 2.05) is 10.6 Å². The van der Waals surface area contributed by atoms with Crippen molar-refractivity contribution >= 4 is 27.4 Å². The van der Waals surface area contributed by atoms with Gasteiger partial charge in [-0.15, -0.1) is 0 Å². The van der Waals surface area contributed by atoms with Crippen LogP contribution in [0.5, 0.6) is 0 Å². The number of fused-ring (bicyclic) bond motifs is 1. The molecule has 2 aromatic heterocycles. The fourth-order valence-corrected chi connectivity index (χ4v) is 2.63. The van der Waals surface area contributed by atoms with Gasteiger partial charge < -0.3 is 5.73 Å². The van der Waals surface area contributed by atoms with E-state index in [0.717, 1.165) is 28.1 Å². The van der Waals surface area contributed by atoms with Crippen LogP contribution >= 0.6 is 15.9 Å². The van der Waals surface area contributed by atoms with Crippen LogP contribution in [0, 0.1) is 6.92 Å². The van der Waals surface area contributed by atoms with E-state index in [1.165, 1.54) is 37.7 Å². The average molecular weight is 324 g/mol. The molecule has 2 heterocycles. The first-order valence-electron chi connectivity index (χ1n) is 7.06. The number of rotatable bonds is 6. The summed E-state index contributed by atoms with van der Waals surface area (Å²) in [6.45, 7) is 4.31. The zero-order chi connectivity index (χ0) is 13.8. The van der Waals surface area contributed by atoms with Gasteiger partial charge in [0.15, 0.2) is 0 Å². The Morgan fingerprint density at radius 1 is 1.26 bits per heavy atom. The normalized spacial score (nSPS) is 11.3. The van der Waals surface area contributed by atoms with E-state index >= 15 is 0 Å². The highest BCUT2D eigenvalue weighted by Gasteiger charge is 2.10. The fourth-order valence-electron chi connectivity index (χ4n) is 2.31. The monoisotopic (exact) mass is 323 g/mol. The Hall–Kier alpha value is -1.03. The maximum atomic E-state index is 6.18. The number of anilines is 1. The Morgan fingerprint density at radius 2 is 2.00 bits per heavy atom. The van der Waals surface area contributed by atoms with E-state index in [-0.39, 0.29) is 0 Å². The highest BCUT2D eigenvalue weighted by Crippen LogP contribution is 2.23. The molecule has 0 atom stereocenters. The van der Waals surface area contributed by atoms with Crippen molar-refractivity contribution in [1.29, 1.82) is 0 Å². The number of unbranched alkanes of at least 4 members (excludes halogenated alkanes) is 4. The molecule has 0 fully saturated rings. The number of imidazole rings is 1. The van der Waals surface area contributed by atoms with Crippen LogP contribution in [0.1, 0.15) is 50.3 Å². The van der Waals surface area contributed by atoms with E-state index in [1.54, 1.807) is 0 Å². The Labute approximate surface area is 123 Å². The smallest absolute Gasteiger partial charge is 0.139 e. The van der Waals surface area contributed by atoms with Gasteiger partial charge >= 0.3 is 0 Å². The third-order valence-electron chi connectivity index (χ3n) is 3.53. The van der Waals surface area contributed by atoms with Gasteiger partial charge in [-0.3, -0.25) is 4.40 Å². The number of nitrogen functional groups attached to an aromatic ring is 1. The molecule has 3 nitrogen and oxygen atoms in total. The minimum absolute atomic E-state index is 0.784. The third-order valence-corrected chi connectivity index (χ3v) is 4.36. The van der Waals surface area contributed by atoms with E-state index in [2.05, 4.69) is 40.8 Å². The second-order valence-corrected chi connectivity index (χ2v) is 5.99. The van der Waals surface area contributed by atoms with Crippen molar-refractivity contribution in [3.63, 3.8) is 0 Å². The number of nitrogens with zero attached hydrogens (tertiary/aromatic N) is 2. The summed E-state index contributed by atoms with van der Waals surface area (Å²) in [5.74, 6) is 0.784. The van der Waals surface area contributed by atoms with E-state index in [9.17, 15) is 0 Å². The van der Waals surface area contributed by atoms with Crippen LogP contribution in [0.15, 0.2) is 16.7 Å². The van der Waals surface area contributed by atoms with Crippen LogP contribution in [0.4, 0.5) is 5.82 Å². The van der Waals surface area contributed by atoms with Crippen molar-refractivity contribution in [2.75, 3.05) is 5.73 Å². The van der Waals surface area contributed by atoms with Crippen LogP contribution in [0.3, 0.4) is 0 Å². The van der Waals surface area contributed by atoms with Crippen molar-refractivity contribution < 1.29 is 0 Å². The second-order valence-electron chi connectivity index (χ2n) is 5.14. The largest absolute Gasteiger partial charge is 0.383 e. The molecule has 0 saturated carbocycles. The second kappa shape index (κ2) is 6.42. The Bertz CT molecular complexity index is 560. The molecule has 0 bridgehead atoms. The van der Waals surface area contributed by atoms with Crippen molar-refractivity contribution in [1.82, 2.24) is 9.38 Å². The Kier molecular flexibility index (Phi) is 4.86. The van der Waals surface area contributed by atoms with Crippen molar-refractivity contribution in [2.24, 2.45) is 0 Å². The zero-order valence-corrected chi connectivity index (χ0v) is 13.3. The highest BCUT2D eigenvalue weighted by molar-refractivity contribution is 9.10. The lowest BCUT2D eigenvalue weighted by molar-refractivity contribution is 0.629. The van der Waals surface area contributed by atoms with Gasteiger partial charge in [0.05, 0.1) is 5.69 Å². The topological polar surface area (TPSA) is 43.3 Å². The predicted molar refractivity (Wildman–Crippen MR) is 84.5 cm³/mol. The molecule has 0 aliphatic heterocycles. The van der Waals surface area contributed by atoms with Crippen molar-refractivity contribution in [3.8, 4) is 0 Å². The molecule has 4 heteroatoms. The van der Waals surface area contributed by atoms with Gasteiger partial charge in [0, 0.05) is 10.7 Å². The molecule has 2 N–H and O–H groups in total. The first-order chi connectivity index (χ1) is 9.13. The van der Waals surface area contributed by atoms with Crippen LogP contribution in [0.25, 0.3) is 5.65 Å². The van der Waals surface area contributed by atoms with Gasteiger partial charge in [0.2, 0.25) is 0 Å². The Morgan fingerprint density at radius 3 is 2.74 bits per heavy atom. The maximum absolute atomic E-state index is 6.18. The minimum Gasteiger partial charge on any atom is -0.383 e. The number of aryl methyl sites for hydroxylation is 2. The molecule has 104 valence electrons. The SMILES string of the molecule is CCCCCCCc1nc2cc(C)c(Br)cn2c1N. The van der Waals surface area contributed by atoms with Gasteiger partial charge in [0.1, 0.15) is 11.5 Å². The summed E-state index contributed by atoms with van der Waals surface area (Å²) in [4.78, 5) is 4.65. The van der Waals surface area contributed by atoms with Gasteiger partial charge in [-0.25, -0.2) is 4.98 Å². The maximum Gasteiger partial charge on any atom is 0.139 e. The summed E-state index contributed by atoms with van der Waals surface area (Å²) >= 11 is 3.54. The molecule has 19 heavy (non-hydrogen) atoms. The number of hydrogen-bond acceptors (Lipinski definition) is 2. The van der Waals surface area contributed by atoms with E-state index in [0.29, 0.717) is 0 Å². The summed E-state index contributed by atoms with van der Waals surface area (Å²) in [6, 6.07) is 2.07. The molecular weight excluding hydrogens is 302 g/mol. The molecule has 0 spiro atoms. The minimum atomic E-state index is 0.784. The summed E-state index contributed by atoms with van der Waals surface area (Å²) in [7, 11) is 0. The Balaban J connectivity index is 2.09. The predicted octanol–water partition coefficient (Wildman–Crippen LogP) is 4.50. The number of hydrogen-bond donors (Lipinski definition) is 1. The zero-order valence-electron chi connectivity index (χ0n) is 11.7. The van der Waals surface area contributed by atoms with E-state index < -0.39 is 0 Å². The number of nitrogens with two attached hydrogens (primary N) is 1. The standard InChI is InChI=1S/C15H22BrN3/c1-3-4-5-6-7-8-13-15(17)19-10-12(16)11(2)9-14(19)18-13/h9-10H,3-8,17H2,1-2H3. The molecule has 0 aromatic carbocycles. The quantitative estimate of drug-likeness (QED) is 0.795. The first-order valence-corrected chi connectivity index (χ1v) is 7.85. The summed E-state index contributed by atoms with van der Waals surface area (Å²) < 4.78 is 3.04. The van der Waals surface area contributed by atoms with Gasteiger partial charge in [-0.05, 0) is 47.3 Å². The number of aromatic nitrogens is 2. The molecule has 0 amide bonds.